The van der Waals surface area contributed by atoms with Crippen molar-refractivity contribution in [3.8, 4) is 22.5 Å². The summed E-state index contributed by atoms with van der Waals surface area (Å²) < 4.78 is 80.2. The Kier molecular flexibility index (Phi) is 6.57. The third kappa shape index (κ3) is 4.67. The number of rotatable bonds is 3. The zero-order valence-corrected chi connectivity index (χ0v) is 26.6. The molecule has 0 N–H and O–H groups in total. The highest BCUT2D eigenvalue weighted by Gasteiger charge is 2.39. The molecule has 7 heteroatoms. The van der Waals surface area contributed by atoms with Crippen LogP contribution in [-0.4, -0.2) is 9.13 Å². The number of hydrogen-bond donors (Lipinski definition) is 0. The monoisotopic (exact) mass is 644 g/mol. The predicted molar refractivity (Wildman–Crippen MR) is 184 cm³/mol. The molecule has 0 aliphatic carbocycles. The lowest BCUT2D eigenvalue weighted by atomic mass is 9.98. The van der Waals surface area contributed by atoms with Crippen molar-refractivity contribution in [2.45, 2.75) is 33.9 Å². The van der Waals surface area contributed by atoms with Gasteiger partial charge in [-0.2, -0.15) is 13.2 Å². The standard InChI is InChI=1S/C41H29F5N2/c1-22-5-9-34-30(13-22)31-14-23(2)6-10-35(31)47(34)38-19-27(26-17-28(42)21-29(43)18-26)20-39(40(38)41(44,45)46)48-36-11-7-24(3)15-32(36)33-16-25(4)8-12-37(33)48/h5-21H,1-4H3. The fraction of sp³-hybridized carbons (Fsp3) is 0.122. The number of halogens is 5. The minimum absolute atomic E-state index is 0.128. The van der Waals surface area contributed by atoms with Crippen LogP contribution in [0.4, 0.5) is 22.0 Å². The normalized spacial score (nSPS) is 12.3. The molecule has 6 aromatic carbocycles. The summed E-state index contributed by atoms with van der Waals surface area (Å²) in [6.45, 7) is 7.79. The average molecular weight is 645 g/mol. The molecule has 0 spiro atoms. The molecule has 0 bridgehead atoms. The molecule has 2 nitrogen and oxygen atoms in total. The van der Waals surface area contributed by atoms with E-state index in [9.17, 15) is 8.78 Å². The fourth-order valence-electron chi connectivity index (χ4n) is 7.16. The average Bonchev–Trinajstić information content (AvgIpc) is 3.50. The van der Waals surface area contributed by atoms with E-state index < -0.39 is 23.4 Å². The number of nitrogens with zero attached hydrogens (tertiary/aromatic N) is 2. The third-order valence-corrected chi connectivity index (χ3v) is 9.21. The van der Waals surface area contributed by atoms with Gasteiger partial charge in [-0.1, -0.05) is 46.5 Å². The number of benzene rings is 6. The van der Waals surface area contributed by atoms with E-state index in [1.807, 2.05) is 100 Å². The zero-order valence-electron chi connectivity index (χ0n) is 26.6. The van der Waals surface area contributed by atoms with Crippen molar-refractivity contribution in [2.75, 3.05) is 0 Å². The van der Waals surface area contributed by atoms with Crippen LogP contribution >= 0.6 is 0 Å². The molecule has 8 aromatic rings. The number of hydrogen-bond acceptors (Lipinski definition) is 0. The number of aromatic nitrogens is 2. The van der Waals surface area contributed by atoms with Gasteiger partial charge in [0, 0.05) is 27.6 Å². The van der Waals surface area contributed by atoms with E-state index in [0.717, 1.165) is 62.0 Å². The van der Waals surface area contributed by atoms with Gasteiger partial charge in [0.05, 0.1) is 33.4 Å². The Morgan fingerprint density at radius 3 is 1.04 bits per heavy atom. The van der Waals surface area contributed by atoms with Crippen molar-refractivity contribution in [3.63, 3.8) is 0 Å². The zero-order chi connectivity index (χ0) is 33.6. The Hall–Kier alpha value is -5.43. The van der Waals surface area contributed by atoms with E-state index in [4.69, 9.17) is 0 Å². The summed E-state index contributed by atoms with van der Waals surface area (Å²) in [5, 5.41) is 3.25. The van der Waals surface area contributed by atoms with Crippen molar-refractivity contribution in [1.29, 1.82) is 0 Å². The second-order valence-corrected chi connectivity index (χ2v) is 12.8. The Morgan fingerprint density at radius 2 is 0.729 bits per heavy atom. The molecule has 0 saturated carbocycles. The second-order valence-electron chi connectivity index (χ2n) is 12.8. The molecule has 2 aromatic heterocycles. The molecular formula is C41H29F5N2. The number of aryl methyl sites for hydroxylation is 4. The van der Waals surface area contributed by atoms with E-state index >= 15 is 13.2 Å². The molecule has 48 heavy (non-hydrogen) atoms. The maximum Gasteiger partial charge on any atom is 0.420 e. The molecule has 0 fully saturated rings. The van der Waals surface area contributed by atoms with Gasteiger partial charge in [0.15, 0.2) is 0 Å². The van der Waals surface area contributed by atoms with Crippen LogP contribution in [0.25, 0.3) is 66.1 Å². The lowest BCUT2D eigenvalue weighted by Crippen LogP contribution is -2.16. The molecule has 0 amide bonds. The molecule has 0 aliphatic heterocycles. The lowest BCUT2D eigenvalue weighted by molar-refractivity contribution is -0.137. The van der Waals surface area contributed by atoms with Crippen LogP contribution in [0.5, 0.6) is 0 Å². The molecule has 0 radical (unpaired) electrons. The van der Waals surface area contributed by atoms with E-state index in [-0.39, 0.29) is 22.5 Å². The van der Waals surface area contributed by atoms with Crippen LogP contribution in [0.15, 0.2) is 103 Å². The summed E-state index contributed by atoms with van der Waals surface area (Å²) in [6.07, 6.45) is -4.83. The molecule has 238 valence electrons. The quantitative estimate of drug-likeness (QED) is 0.169. The fourth-order valence-corrected chi connectivity index (χ4v) is 7.16. The van der Waals surface area contributed by atoms with Crippen molar-refractivity contribution in [1.82, 2.24) is 9.13 Å². The van der Waals surface area contributed by atoms with Crippen LogP contribution in [0.3, 0.4) is 0 Å². The number of fused-ring (bicyclic) bond motifs is 6. The summed E-state index contributed by atoms with van der Waals surface area (Å²) in [6, 6.07) is 28.6. The van der Waals surface area contributed by atoms with Crippen molar-refractivity contribution < 1.29 is 22.0 Å². The van der Waals surface area contributed by atoms with Crippen molar-refractivity contribution in [3.05, 3.63) is 143 Å². The maximum absolute atomic E-state index is 15.9. The molecule has 0 unspecified atom stereocenters. The first-order valence-corrected chi connectivity index (χ1v) is 15.6. The van der Waals surface area contributed by atoms with E-state index in [2.05, 4.69) is 0 Å². The SMILES string of the molecule is Cc1ccc2c(c1)c1cc(C)ccc1n2-c1cc(-c2cc(F)cc(F)c2)cc(-n2c3ccc(C)cc3c3cc(C)ccc32)c1C(F)(F)F. The van der Waals surface area contributed by atoms with Gasteiger partial charge in [0.1, 0.15) is 17.2 Å². The Morgan fingerprint density at radius 1 is 0.417 bits per heavy atom. The molecule has 8 rings (SSSR count). The molecule has 0 saturated heterocycles. The third-order valence-electron chi connectivity index (χ3n) is 9.21. The molecule has 0 aliphatic rings. The van der Waals surface area contributed by atoms with Crippen LogP contribution in [0.2, 0.25) is 0 Å². The smallest absolute Gasteiger partial charge is 0.309 e. The molecule has 2 heterocycles. The maximum atomic E-state index is 15.9. The van der Waals surface area contributed by atoms with Gasteiger partial charge < -0.3 is 9.13 Å². The van der Waals surface area contributed by atoms with E-state index in [1.165, 1.54) is 12.1 Å². The highest BCUT2D eigenvalue weighted by atomic mass is 19.4. The van der Waals surface area contributed by atoms with Gasteiger partial charge >= 0.3 is 6.18 Å². The second kappa shape index (κ2) is 10.5. The largest absolute Gasteiger partial charge is 0.420 e. The first kappa shape index (κ1) is 29.9. The van der Waals surface area contributed by atoms with Crippen molar-refractivity contribution >= 4 is 43.6 Å². The first-order chi connectivity index (χ1) is 22.9. The highest BCUT2D eigenvalue weighted by Crippen LogP contribution is 2.46. The van der Waals surface area contributed by atoms with Gasteiger partial charge in [-0.05, 0) is 112 Å². The van der Waals surface area contributed by atoms with E-state index in [0.29, 0.717) is 22.1 Å². The van der Waals surface area contributed by atoms with Gasteiger partial charge in [-0.25, -0.2) is 8.78 Å². The summed E-state index contributed by atoms with van der Waals surface area (Å²) in [5.74, 6) is -1.64. The van der Waals surface area contributed by atoms with Gasteiger partial charge in [-0.3, -0.25) is 0 Å². The minimum atomic E-state index is -4.83. The van der Waals surface area contributed by atoms with Crippen LogP contribution in [-0.2, 0) is 6.18 Å². The van der Waals surface area contributed by atoms with Crippen molar-refractivity contribution in [2.24, 2.45) is 0 Å². The Labute approximate surface area is 273 Å². The highest BCUT2D eigenvalue weighted by molar-refractivity contribution is 6.11. The Balaban J connectivity index is 1.61. The van der Waals surface area contributed by atoms with E-state index in [1.54, 1.807) is 9.13 Å². The molecular weight excluding hydrogens is 615 g/mol. The summed E-state index contributed by atoms with van der Waals surface area (Å²) >= 11 is 0. The van der Waals surface area contributed by atoms with Gasteiger partial charge in [0.2, 0.25) is 0 Å². The van der Waals surface area contributed by atoms with Gasteiger partial charge in [0.25, 0.3) is 0 Å². The van der Waals surface area contributed by atoms with Gasteiger partial charge in [-0.15, -0.1) is 0 Å². The van der Waals surface area contributed by atoms with Crippen LogP contribution in [0, 0.1) is 39.3 Å². The first-order valence-electron chi connectivity index (χ1n) is 15.6. The summed E-state index contributed by atoms with van der Waals surface area (Å²) in [4.78, 5) is 0. The topological polar surface area (TPSA) is 9.86 Å². The Bertz CT molecular complexity index is 2330. The molecule has 0 atom stereocenters. The number of alkyl halides is 3. The minimum Gasteiger partial charge on any atom is -0.309 e. The predicted octanol–water partition coefficient (Wildman–Crippen LogP) is 12.1. The van der Waals surface area contributed by atoms with Crippen LogP contribution in [0.1, 0.15) is 27.8 Å². The summed E-state index contributed by atoms with van der Waals surface area (Å²) in [5.41, 5.74) is 5.49. The summed E-state index contributed by atoms with van der Waals surface area (Å²) in [7, 11) is 0. The lowest BCUT2D eigenvalue weighted by Gasteiger charge is -2.23. The van der Waals surface area contributed by atoms with Crippen LogP contribution < -0.4 is 0 Å².